The Hall–Kier alpha value is -1.88. The number of quaternary nitrogens is 1. The van der Waals surface area contributed by atoms with E-state index < -0.39 is 6.09 Å². The number of phenols is 1. The SMILES string of the molecule is CCOC(=O)[N+]1(Cc2ccccc2O)C(=O)CC[C@H]1C. The first-order valence-corrected chi connectivity index (χ1v) is 6.87. The van der Waals surface area contributed by atoms with E-state index in [9.17, 15) is 14.7 Å². The van der Waals surface area contributed by atoms with E-state index in [0.29, 0.717) is 18.4 Å². The van der Waals surface area contributed by atoms with E-state index in [1.54, 1.807) is 31.2 Å². The molecule has 2 amide bonds. The monoisotopic (exact) mass is 278 g/mol. The summed E-state index contributed by atoms with van der Waals surface area (Å²) >= 11 is 0. The number of carbonyl (C=O) groups excluding carboxylic acids is 2. The van der Waals surface area contributed by atoms with Crippen LogP contribution in [0.2, 0.25) is 0 Å². The number of hydrogen-bond acceptors (Lipinski definition) is 4. The van der Waals surface area contributed by atoms with Crippen LogP contribution in [0, 0.1) is 0 Å². The number of aromatic hydroxyl groups is 1. The van der Waals surface area contributed by atoms with Gasteiger partial charge in [0, 0.05) is 12.0 Å². The molecule has 108 valence electrons. The Bertz CT molecular complexity index is 528. The number of hydrogen-bond donors (Lipinski definition) is 1. The average Bonchev–Trinajstić information content (AvgIpc) is 2.70. The Labute approximate surface area is 118 Å². The van der Waals surface area contributed by atoms with E-state index >= 15 is 0 Å². The zero-order valence-electron chi connectivity index (χ0n) is 11.8. The minimum Gasteiger partial charge on any atom is -0.507 e. The molecule has 2 rings (SSSR count). The first-order valence-electron chi connectivity index (χ1n) is 6.87. The molecule has 1 heterocycles. The summed E-state index contributed by atoms with van der Waals surface area (Å²) in [6.45, 7) is 3.98. The summed E-state index contributed by atoms with van der Waals surface area (Å²) < 4.78 is 4.76. The molecule has 1 N–H and O–H groups in total. The standard InChI is InChI=1S/C15H19NO4/c1-3-20-15(19)16(11(2)8-9-14(16)18)10-12-6-4-5-7-13(12)17/h4-7,11H,3,8-10H2,1-2H3/p+1/t11-,16?/m1/s1. The lowest BCUT2D eigenvalue weighted by atomic mass is 10.1. The summed E-state index contributed by atoms with van der Waals surface area (Å²) in [5.74, 6) is -0.0413. The first kappa shape index (κ1) is 14.5. The lowest BCUT2D eigenvalue weighted by Gasteiger charge is -2.31. The van der Waals surface area contributed by atoms with Gasteiger partial charge in [-0.25, -0.2) is 4.79 Å². The first-order chi connectivity index (χ1) is 9.52. The fraction of sp³-hybridized carbons (Fsp3) is 0.467. The maximum absolute atomic E-state index is 12.4. The largest absolute Gasteiger partial charge is 0.524 e. The highest BCUT2D eigenvalue weighted by Crippen LogP contribution is 2.34. The summed E-state index contributed by atoms with van der Waals surface area (Å²) in [5.41, 5.74) is 0.586. The van der Waals surface area contributed by atoms with Gasteiger partial charge in [-0.3, -0.25) is 0 Å². The van der Waals surface area contributed by atoms with Gasteiger partial charge >= 0.3 is 12.0 Å². The number of imide groups is 1. The third-order valence-electron chi connectivity index (χ3n) is 3.98. The Morgan fingerprint density at radius 3 is 2.70 bits per heavy atom. The normalized spacial score (nSPS) is 25.7. The number of benzene rings is 1. The molecule has 0 spiro atoms. The second-order valence-electron chi connectivity index (χ2n) is 5.14. The highest BCUT2D eigenvalue weighted by molar-refractivity contribution is 5.83. The van der Waals surface area contributed by atoms with Crippen LogP contribution in [0.4, 0.5) is 4.79 Å². The molecule has 5 heteroatoms. The van der Waals surface area contributed by atoms with Crippen molar-refractivity contribution in [3.63, 3.8) is 0 Å². The maximum Gasteiger partial charge on any atom is 0.524 e. The number of rotatable bonds is 3. The van der Waals surface area contributed by atoms with Crippen molar-refractivity contribution in [1.29, 1.82) is 0 Å². The van der Waals surface area contributed by atoms with Crippen molar-refractivity contribution in [3.8, 4) is 5.75 Å². The topological polar surface area (TPSA) is 63.6 Å². The van der Waals surface area contributed by atoms with Gasteiger partial charge in [-0.2, -0.15) is 9.28 Å². The van der Waals surface area contributed by atoms with Crippen molar-refractivity contribution in [1.82, 2.24) is 0 Å². The number of phenolic OH excluding ortho intramolecular Hbond substituents is 1. The van der Waals surface area contributed by atoms with E-state index in [-0.39, 0.29) is 35.3 Å². The maximum atomic E-state index is 12.4. The lowest BCUT2D eigenvalue weighted by Crippen LogP contribution is -2.57. The summed E-state index contributed by atoms with van der Waals surface area (Å²) in [4.78, 5) is 24.7. The molecule has 1 fully saturated rings. The summed E-state index contributed by atoms with van der Waals surface area (Å²) in [5, 5.41) is 9.90. The van der Waals surface area contributed by atoms with Crippen LogP contribution < -0.4 is 0 Å². The molecule has 20 heavy (non-hydrogen) atoms. The van der Waals surface area contributed by atoms with Crippen molar-refractivity contribution in [2.24, 2.45) is 0 Å². The van der Waals surface area contributed by atoms with Gasteiger partial charge in [0.05, 0.1) is 13.0 Å². The highest BCUT2D eigenvalue weighted by atomic mass is 16.6. The van der Waals surface area contributed by atoms with E-state index in [2.05, 4.69) is 0 Å². The average molecular weight is 278 g/mol. The third kappa shape index (κ3) is 2.29. The van der Waals surface area contributed by atoms with Gasteiger partial charge in [0.15, 0.2) is 0 Å². The van der Waals surface area contributed by atoms with Gasteiger partial charge in [0.1, 0.15) is 18.3 Å². The van der Waals surface area contributed by atoms with Crippen LogP contribution in [0.25, 0.3) is 0 Å². The van der Waals surface area contributed by atoms with E-state index in [0.717, 1.165) is 0 Å². The fourth-order valence-corrected chi connectivity index (χ4v) is 2.74. The molecule has 1 aliphatic heterocycles. The lowest BCUT2D eigenvalue weighted by molar-refractivity contribution is -0.811. The molecular formula is C15H20NO4+. The van der Waals surface area contributed by atoms with Gasteiger partial charge in [0.2, 0.25) is 0 Å². The number of likely N-dealkylation sites (tertiary alicyclic amines) is 1. The van der Waals surface area contributed by atoms with Gasteiger partial charge in [-0.15, -0.1) is 0 Å². The minimum atomic E-state index is -0.522. The predicted molar refractivity (Wildman–Crippen MR) is 72.8 cm³/mol. The van der Waals surface area contributed by atoms with Crippen LogP contribution in [0.1, 0.15) is 32.3 Å². The molecule has 1 saturated heterocycles. The summed E-state index contributed by atoms with van der Waals surface area (Å²) in [6, 6.07) is 6.64. The molecule has 0 aliphatic carbocycles. The fourth-order valence-electron chi connectivity index (χ4n) is 2.74. The van der Waals surface area contributed by atoms with Crippen LogP contribution in [0.5, 0.6) is 5.75 Å². The Morgan fingerprint density at radius 1 is 1.45 bits per heavy atom. The van der Waals surface area contributed by atoms with Gasteiger partial charge in [-0.1, -0.05) is 12.1 Å². The van der Waals surface area contributed by atoms with Crippen LogP contribution in [0.15, 0.2) is 24.3 Å². The Kier molecular flexibility index (Phi) is 4.09. The number of carbonyl (C=O) groups is 2. The highest BCUT2D eigenvalue weighted by Gasteiger charge is 2.55. The Balaban J connectivity index is 2.40. The van der Waals surface area contributed by atoms with Crippen molar-refractivity contribution < 1.29 is 23.9 Å². The van der Waals surface area contributed by atoms with Gasteiger partial charge < -0.3 is 9.84 Å². The van der Waals surface area contributed by atoms with Crippen LogP contribution in [-0.4, -0.2) is 34.2 Å². The third-order valence-corrected chi connectivity index (χ3v) is 3.98. The van der Waals surface area contributed by atoms with Crippen molar-refractivity contribution in [3.05, 3.63) is 29.8 Å². The van der Waals surface area contributed by atoms with E-state index in [1.807, 2.05) is 6.92 Å². The summed E-state index contributed by atoms with van der Waals surface area (Å²) in [6.07, 6.45) is 0.504. The second-order valence-corrected chi connectivity index (χ2v) is 5.14. The second kappa shape index (κ2) is 5.63. The Morgan fingerprint density at radius 2 is 2.15 bits per heavy atom. The van der Waals surface area contributed by atoms with Crippen molar-refractivity contribution in [2.45, 2.75) is 39.3 Å². The molecule has 0 saturated carbocycles. The zero-order valence-corrected chi connectivity index (χ0v) is 11.8. The van der Waals surface area contributed by atoms with E-state index in [4.69, 9.17) is 4.74 Å². The molecule has 5 nitrogen and oxygen atoms in total. The smallest absolute Gasteiger partial charge is 0.507 e. The zero-order chi connectivity index (χ0) is 14.8. The molecule has 0 radical (unpaired) electrons. The molecule has 1 aliphatic rings. The van der Waals surface area contributed by atoms with Gasteiger partial charge in [-0.05, 0) is 26.0 Å². The molecular weight excluding hydrogens is 258 g/mol. The molecule has 1 aromatic rings. The van der Waals surface area contributed by atoms with Crippen LogP contribution >= 0.6 is 0 Å². The number of nitrogens with zero attached hydrogens (tertiary/aromatic N) is 1. The van der Waals surface area contributed by atoms with Crippen molar-refractivity contribution >= 4 is 12.0 Å². The van der Waals surface area contributed by atoms with Crippen LogP contribution in [0.3, 0.4) is 0 Å². The van der Waals surface area contributed by atoms with E-state index in [1.165, 1.54) is 0 Å². The molecule has 1 unspecified atom stereocenters. The number of para-hydroxylation sites is 1. The van der Waals surface area contributed by atoms with Crippen LogP contribution in [-0.2, 0) is 16.1 Å². The molecule has 0 aromatic heterocycles. The number of ether oxygens (including phenoxy) is 1. The number of amides is 2. The molecule has 0 bridgehead atoms. The summed E-state index contributed by atoms with van der Waals surface area (Å²) in [7, 11) is 0. The predicted octanol–water partition coefficient (Wildman–Crippen LogP) is 2.57. The van der Waals surface area contributed by atoms with Gasteiger partial charge in [0.25, 0.3) is 0 Å². The molecule has 1 aromatic carbocycles. The quantitative estimate of drug-likeness (QED) is 0.863. The minimum absolute atomic E-state index is 0.0983. The van der Waals surface area contributed by atoms with Crippen molar-refractivity contribution in [2.75, 3.05) is 6.61 Å². The molecule has 2 atom stereocenters.